The number of hydrogen-bond donors (Lipinski definition) is 3. The van der Waals surface area contributed by atoms with Crippen LogP contribution in [0.2, 0.25) is 0 Å². The van der Waals surface area contributed by atoms with Gasteiger partial charge in [-0.1, -0.05) is 0 Å². The summed E-state index contributed by atoms with van der Waals surface area (Å²) in [6.07, 6.45) is 2.34. The van der Waals surface area contributed by atoms with Crippen LogP contribution in [0.15, 0.2) is 18.2 Å². The number of aromatic nitrogens is 1. The molecule has 1 aromatic carbocycles. The molecule has 27 heavy (non-hydrogen) atoms. The average molecular weight is 390 g/mol. The summed E-state index contributed by atoms with van der Waals surface area (Å²) in [6.45, 7) is 4.49. The van der Waals surface area contributed by atoms with Gasteiger partial charge < -0.3 is 20.6 Å². The third-order valence-corrected chi connectivity index (χ3v) is 5.79. The number of nitrogens with zero attached hydrogens (tertiary/aromatic N) is 2. The Morgan fingerprint density at radius 3 is 2.63 bits per heavy atom. The number of rotatable bonds is 3. The monoisotopic (exact) mass is 390 g/mol. The van der Waals surface area contributed by atoms with Gasteiger partial charge in [0.15, 0.2) is 0 Å². The van der Waals surface area contributed by atoms with Gasteiger partial charge in [-0.3, -0.25) is 14.4 Å². The topological polar surface area (TPSA) is 112 Å². The Bertz CT molecular complexity index is 845. The van der Waals surface area contributed by atoms with E-state index in [1.165, 1.54) is 31.3 Å². The molecule has 2 amide bonds. The molecule has 3 N–H and O–H groups in total. The summed E-state index contributed by atoms with van der Waals surface area (Å²) < 4.78 is 5.25. The van der Waals surface area contributed by atoms with E-state index in [4.69, 9.17) is 9.90 Å². The molecule has 3 aliphatic rings. The number of carbonyl (C=O) groups is 3. The zero-order valence-corrected chi connectivity index (χ0v) is 15.8. The van der Waals surface area contributed by atoms with Gasteiger partial charge in [0.05, 0.1) is 4.70 Å². The van der Waals surface area contributed by atoms with Crippen LogP contribution in [0, 0.1) is 5.92 Å². The third-order valence-electron chi connectivity index (χ3n) is 4.98. The Balaban J connectivity index is 0.000000659. The highest BCUT2D eigenvalue weighted by Crippen LogP contribution is 2.29. The number of carbonyl (C=O) groups excluding carboxylic acids is 2. The van der Waals surface area contributed by atoms with E-state index in [1.54, 1.807) is 0 Å². The Kier molecular flexibility index (Phi) is 6.02. The molecule has 8 nitrogen and oxygen atoms in total. The van der Waals surface area contributed by atoms with Gasteiger partial charge in [0.1, 0.15) is 5.69 Å². The normalized spacial score (nSPS) is 23.2. The molecule has 2 bridgehead atoms. The molecule has 3 aliphatic heterocycles. The van der Waals surface area contributed by atoms with Crippen LogP contribution in [0.5, 0.6) is 0 Å². The van der Waals surface area contributed by atoms with Gasteiger partial charge in [0.25, 0.3) is 12.4 Å². The van der Waals surface area contributed by atoms with E-state index in [0.717, 1.165) is 35.4 Å². The second-order valence-corrected chi connectivity index (χ2v) is 7.55. The van der Waals surface area contributed by atoms with E-state index in [2.05, 4.69) is 19.9 Å². The number of piperidine rings is 3. The lowest BCUT2D eigenvalue weighted by Gasteiger charge is -2.44. The van der Waals surface area contributed by atoms with E-state index in [9.17, 15) is 9.59 Å². The summed E-state index contributed by atoms with van der Waals surface area (Å²) in [7, 11) is 0. The van der Waals surface area contributed by atoms with Crippen molar-refractivity contribution in [2.24, 2.45) is 5.92 Å². The van der Waals surface area contributed by atoms with Crippen LogP contribution >= 0.6 is 11.5 Å². The molecule has 4 heterocycles. The Morgan fingerprint density at radius 2 is 2.04 bits per heavy atom. The fraction of sp³-hybridized carbons (Fsp3) is 0.444. The van der Waals surface area contributed by atoms with Crippen molar-refractivity contribution in [2.45, 2.75) is 25.8 Å². The number of benzene rings is 1. The van der Waals surface area contributed by atoms with Crippen molar-refractivity contribution in [2.75, 3.05) is 25.0 Å². The van der Waals surface area contributed by atoms with Crippen molar-refractivity contribution < 1.29 is 19.5 Å². The second kappa shape index (κ2) is 8.45. The second-order valence-electron chi connectivity index (χ2n) is 6.75. The highest BCUT2D eigenvalue weighted by molar-refractivity contribution is 7.13. The van der Waals surface area contributed by atoms with E-state index in [0.29, 0.717) is 11.6 Å². The standard InChI is InChI=1S/C17H20N4O2S.CH2O2/c1-10(22)18-12-2-3-13-15(8-12)24-20-16(13)17(23)19-14-9-21-6-4-11(14)5-7-21;2-1-3/h2-3,8,11,14H,4-7,9H2,1H3,(H,18,22)(H,19,23);1H,(H,2,3)/t14-;/m1./s1. The quantitative estimate of drug-likeness (QED) is 0.689. The summed E-state index contributed by atoms with van der Waals surface area (Å²) in [6, 6.07) is 5.76. The number of nitrogens with one attached hydrogen (secondary N) is 2. The number of anilines is 1. The average Bonchev–Trinajstić information content (AvgIpc) is 3.06. The van der Waals surface area contributed by atoms with E-state index < -0.39 is 0 Å². The van der Waals surface area contributed by atoms with Crippen LogP contribution in [0.4, 0.5) is 5.69 Å². The van der Waals surface area contributed by atoms with Crippen LogP contribution < -0.4 is 10.6 Å². The zero-order chi connectivity index (χ0) is 19.4. The summed E-state index contributed by atoms with van der Waals surface area (Å²) >= 11 is 1.29. The van der Waals surface area contributed by atoms with Crippen LogP contribution in [-0.4, -0.2) is 58.3 Å². The summed E-state index contributed by atoms with van der Waals surface area (Å²) in [5.74, 6) is 0.390. The predicted molar refractivity (Wildman–Crippen MR) is 103 cm³/mol. The first-order chi connectivity index (χ1) is 13.0. The lowest BCUT2D eigenvalue weighted by molar-refractivity contribution is -0.123. The third kappa shape index (κ3) is 4.42. The lowest BCUT2D eigenvalue weighted by atomic mass is 9.84. The van der Waals surface area contributed by atoms with Crippen molar-refractivity contribution in [1.29, 1.82) is 0 Å². The molecular weight excluding hydrogens is 368 g/mol. The number of fused-ring (bicyclic) bond motifs is 4. The summed E-state index contributed by atoms with van der Waals surface area (Å²) in [4.78, 5) is 34.6. The van der Waals surface area contributed by atoms with Crippen molar-refractivity contribution in [3.8, 4) is 0 Å². The van der Waals surface area contributed by atoms with Crippen LogP contribution in [-0.2, 0) is 9.59 Å². The molecule has 1 atom stereocenters. The molecule has 0 spiro atoms. The highest BCUT2D eigenvalue weighted by atomic mass is 32.1. The number of carboxylic acid groups (broad SMARTS) is 1. The highest BCUT2D eigenvalue weighted by Gasteiger charge is 2.35. The molecule has 1 aromatic heterocycles. The van der Waals surface area contributed by atoms with Gasteiger partial charge in [0, 0.05) is 30.6 Å². The van der Waals surface area contributed by atoms with Crippen molar-refractivity contribution in [3.05, 3.63) is 23.9 Å². The molecule has 0 aliphatic carbocycles. The van der Waals surface area contributed by atoms with E-state index in [-0.39, 0.29) is 24.3 Å². The van der Waals surface area contributed by atoms with Crippen molar-refractivity contribution in [1.82, 2.24) is 14.6 Å². The first kappa shape index (κ1) is 19.2. The van der Waals surface area contributed by atoms with E-state index in [1.807, 2.05) is 18.2 Å². The number of hydrogen-bond acceptors (Lipinski definition) is 6. The Labute approximate surface area is 160 Å². The lowest BCUT2D eigenvalue weighted by Crippen LogP contribution is -2.57. The maximum Gasteiger partial charge on any atom is 0.290 e. The maximum absolute atomic E-state index is 12.7. The van der Waals surface area contributed by atoms with Gasteiger partial charge in [-0.05, 0) is 61.6 Å². The molecule has 0 saturated carbocycles. The van der Waals surface area contributed by atoms with Gasteiger partial charge in [-0.15, -0.1) is 0 Å². The molecule has 9 heteroatoms. The minimum absolute atomic E-state index is 0.0905. The molecular formula is C18H22N4O4S. The molecule has 0 unspecified atom stereocenters. The first-order valence-corrected chi connectivity index (χ1v) is 9.57. The van der Waals surface area contributed by atoms with Crippen LogP contribution in [0.25, 0.3) is 10.1 Å². The minimum Gasteiger partial charge on any atom is -0.483 e. The largest absolute Gasteiger partial charge is 0.483 e. The smallest absolute Gasteiger partial charge is 0.290 e. The Hall–Kier alpha value is -2.52. The fourth-order valence-electron chi connectivity index (χ4n) is 3.75. The molecule has 2 aromatic rings. The SMILES string of the molecule is CC(=O)Nc1ccc2c(C(=O)N[C@@H]3CN4CCC3CC4)nsc2c1.O=CO. The van der Waals surface area contributed by atoms with Crippen LogP contribution in [0.3, 0.4) is 0 Å². The van der Waals surface area contributed by atoms with Gasteiger partial charge in [-0.25, -0.2) is 0 Å². The number of amides is 2. The first-order valence-electron chi connectivity index (χ1n) is 8.80. The summed E-state index contributed by atoms with van der Waals surface area (Å²) in [5, 5.41) is 13.7. The summed E-state index contributed by atoms with van der Waals surface area (Å²) in [5.41, 5.74) is 1.21. The fourth-order valence-corrected chi connectivity index (χ4v) is 4.56. The maximum atomic E-state index is 12.7. The van der Waals surface area contributed by atoms with Gasteiger partial charge >= 0.3 is 0 Å². The zero-order valence-electron chi connectivity index (χ0n) is 15.0. The van der Waals surface area contributed by atoms with Gasteiger partial charge in [-0.2, -0.15) is 4.37 Å². The molecule has 3 saturated heterocycles. The van der Waals surface area contributed by atoms with Crippen molar-refractivity contribution in [3.63, 3.8) is 0 Å². The van der Waals surface area contributed by atoms with Crippen molar-refractivity contribution >= 4 is 45.6 Å². The predicted octanol–water partition coefficient (Wildman–Crippen LogP) is 1.78. The van der Waals surface area contributed by atoms with E-state index >= 15 is 0 Å². The van der Waals surface area contributed by atoms with Crippen LogP contribution in [0.1, 0.15) is 30.3 Å². The molecule has 144 valence electrons. The minimum atomic E-state index is -0.250. The molecule has 5 rings (SSSR count). The van der Waals surface area contributed by atoms with Gasteiger partial charge in [0.2, 0.25) is 5.91 Å². The molecule has 3 fully saturated rings. The molecule has 0 radical (unpaired) electrons. The Morgan fingerprint density at radius 1 is 1.33 bits per heavy atom.